The third kappa shape index (κ3) is 1.13. The molecule has 1 atom stereocenters. The number of rotatable bonds is 2. The topological polar surface area (TPSA) is 46.2 Å². The van der Waals surface area contributed by atoms with Crippen molar-refractivity contribution in [1.82, 2.24) is 5.32 Å². The molecule has 1 fully saturated rings. The van der Waals surface area contributed by atoms with E-state index in [9.17, 15) is 9.59 Å². The Balaban J connectivity index is 2.94. The van der Waals surface area contributed by atoms with Gasteiger partial charge in [0.05, 0.1) is 5.41 Å². The van der Waals surface area contributed by atoms with Crippen molar-refractivity contribution in [2.45, 2.75) is 33.6 Å². The molecule has 68 valence electrons. The highest BCUT2D eigenvalue weighted by Crippen LogP contribution is 2.38. The Hall–Kier alpha value is -0.860. The van der Waals surface area contributed by atoms with Gasteiger partial charge in [-0.3, -0.25) is 14.9 Å². The first-order valence-electron chi connectivity index (χ1n) is 4.37. The van der Waals surface area contributed by atoms with Gasteiger partial charge in [0.1, 0.15) is 0 Å². The zero-order chi connectivity index (χ0) is 9.35. The Bertz CT molecular complexity index is 223. The molecule has 12 heavy (non-hydrogen) atoms. The van der Waals surface area contributed by atoms with Crippen molar-refractivity contribution in [3.8, 4) is 0 Å². The number of hydrogen-bond donors (Lipinski definition) is 1. The molecule has 0 aromatic rings. The van der Waals surface area contributed by atoms with Crippen LogP contribution in [0, 0.1) is 11.3 Å². The van der Waals surface area contributed by atoms with Crippen molar-refractivity contribution in [3.63, 3.8) is 0 Å². The quantitative estimate of drug-likeness (QED) is 0.629. The van der Waals surface area contributed by atoms with E-state index in [0.717, 1.165) is 6.42 Å². The Morgan fingerprint density at radius 3 is 2.25 bits per heavy atom. The highest BCUT2D eigenvalue weighted by atomic mass is 16.2. The number of carbonyl (C=O) groups is 2. The van der Waals surface area contributed by atoms with Crippen LogP contribution in [-0.4, -0.2) is 11.8 Å². The van der Waals surface area contributed by atoms with Gasteiger partial charge in [0.15, 0.2) is 0 Å². The standard InChI is InChI=1S/C9H15NO2/c1-4-9(6(2)3)5-7(11)10-8(9)12/h6H,4-5H2,1-3H3,(H,10,11,12). The Morgan fingerprint density at radius 2 is 2.08 bits per heavy atom. The van der Waals surface area contributed by atoms with Gasteiger partial charge in [0.2, 0.25) is 11.8 Å². The average Bonchev–Trinajstić information content (AvgIpc) is 2.26. The molecule has 1 unspecified atom stereocenters. The Morgan fingerprint density at radius 1 is 1.50 bits per heavy atom. The van der Waals surface area contributed by atoms with Crippen LogP contribution < -0.4 is 5.32 Å². The maximum Gasteiger partial charge on any atom is 0.233 e. The van der Waals surface area contributed by atoms with E-state index in [2.05, 4.69) is 5.32 Å². The number of amides is 2. The van der Waals surface area contributed by atoms with Gasteiger partial charge in [-0.1, -0.05) is 20.8 Å². The molecule has 1 saturated heterocycles. The summed E-state index contributed by atoms with van der Waals surface area (Å²) in [4.78, 5) is 22.4. The van der Waals surface area contributed by atoms with E-state index in [1.54, 1.807) is 0 Å². The fourth-order valence-corrected chi connectivity index (χ4v) is 1.82. The lowest BCUT2D eigenvalue weighted by Crippen LogP contribution is -2.35. The summed E-state index contributed by atoms with van der Waals surface area (Å²) in [5, 5.41) is 2.36. The minimum Gasteiger partial charge on any atom is -0.296 e. The first kappa shape index (κ1) is 9.23. The summed E-state index contributed by atoms with van der Waals surface area (Å²) in [6.07, 6.45) is 1.10. The van der Waals surface area contributed by atoms with Crippen molar-refractivity contribution in [2.75, 3.05) is 0 Å². The molecule has 0 aromatic carbocycles. The molecular weight excluding hydrogens is 154 g/mol. The third-order valence-electron chi connectivity index (χ3n) is 2.92. The first-order valence-corrected chi connectivity index (χ1v) is 4.37. The summed E-state index contributed by atoms with van der Waals surface area (Å²) in [5.41, 5.74) is -0.433. The number of nitrogens with one attached hydrogen (secondary N) is 1. The van der Waals surface area contributed by atoms with E-state index in [4.69, 9.17) is 0 Å². The minimum absolute atomic E-state index is 0.0926. The lowest BCUT2D eigenvalue weighted by Gasteiger charge is -2.27. The molecule has 0 radical (unpaired) electrons. The van der Waals surface area contributed by atoms with Crippen LogP contribution in [-0.2, 0) is 9.59 Å². The fourth-order valence-electron chi connectivity index (χ4n) is 1.82. The Labute approximate surface area is 72.5 Å². The molecule has 1 aliphatic rings. The highest BCUT2D eigenvalue weighted by molar-refractivity contribution is 6.05. The highest BCUT2D eigenvalue weighted by Gasteiger charge is 2.47. The van der Waals surface area contributed by atoms with E-state index in [0.29, 0.717) is 6.42 Å². The van der Waals surface area contributed by atoms with Crippen LogP contribution in [0.2, 0.25) is 0 Å². The maximum atomic E-state index is 11.4. The van der Waals surface area contributed by atoms with Gasteiger partial charge in [-0.25, -0.2) is 0 Å². The second-order valence-electron chi connectivity index (χ2n) is 3.72. The number of carbonyl (C=O) groups excluding carboxylic acids is 2. The molecule has 1 N–H and O–H groups in total. The summed E-state index contributed by atoms with van der Waals surface area (Å²) in [6.45, 7) is 5.93. The summed E-state index contributed by atoms with van der Waals surface area (Å²) < 4.78 is 0. The van der Waals surface area contributed by atoms with Gasteiger partial charge in [0.25, 0.3) is 0 Å². The summed E-state index contributed by atoms with van der Waals surface area (Å²) in [7, 11) is 0. The van der Waals surface area contributed by atoms with E-state index >= 15 is 0 Å². The van der Waals surface area contributed by atoms with Crippen LogP contribution >= 0.6 is 0 Å². The zero-order valence-electron chi connectivity index (χ0n) is 7.81. The van der Waals surface area contributed by atoms with Crippen LogP contribution in [0.25, 0.3) is 0 Å². The van der Waals surface area contributed by atoms with E-state index in [-0.39, 0.29) is 17.7 Å². The van der Waals surface area contributed by atoms with Crippen LogP contribution in [0.4, 0.5) is 0 Å². The Kier molecular flexibility index (Phi) is 2.22. The molecule has 3 nitrogen and oxygen atoms in total. The third-order valence-corrected chi connectivity index (χ3v) is 2.92. The first-order chi connectivity index (χ1) is 5.53. The van der Waals surface area contributed by atoms with Gasteiger partial charge in [-0.15, -0.1) is 0 Å². The summed E-state index contributed by atoms with van der Waals surface area (Å²) >= 11 is 0. The second-order valence-corrected chi connectivity index (χ2v) is 3.72. The molecule has 1 aliphatic heterocycles. The molecule has 0 saturated carbocycles. The van der Waals surface area contributed by atoms with Gasteiger partial charge < -0.3 is 0 Å². The lowest BCUT2D eigenvalue weighted by molar-refractivity contribution is -0.130. The molecule has 0 bridgehead atoms. The van der Waals surface area contributed by atoms with Crippen LogP contribution in [0.3, 0.4) is 0 Å². The van der Waals surface area contributed by atoms with Crippen molar-refractivity contribution >= 4 is 11.8 Å². The molecule has 1 rings (SSSR count). The largest absolute Gasteiger partial charge is 0.296 e. The predicted molar refractivity (Wildman–Crippen MR) is 45.3 cm³/mol. The zero-order valence-corrected chi connectivity index (χ0v) is 7.81. The lowest BCUT2D eigenvalue weighted by atomic mass is 9.74. The summed E-state index contributed by atoms with van der Waals surface area (Å²) in [5.74, 6) is 0.00880. The van der Waals surface area contributed by atoms with Crippen LogP contribution in [0.5, 0.6) is 0 Å². The van der Waals surface area contributed by atoms with E-state index in [1.807, 2.05) is 20.8 Å². The van der Waals surface area contributed by atoms with E-state index in [1.165, 1.54) is 0 Å². The van der Waals surface area contributed by atoms with Crippen LogP contribution in [0.1, 0.15) is 33.6 Å². The minimum atomic E-state index is -0.433. The van der Waals surface area contributed by atoms with Crippen LogP contribution in [0.15, 0.2) is 0 Å². The normalized spacial score (nSPS) is 29.7. The van der Waals surface area contributed by atoms with Crippen molar-refractivity contribution in [1.29, 1.82) is 0 Å². The van der Waals surface area contributed by atoms with Gasteiger partial charge in [-0.2, -0.15) is 0 Å². The molecule has 0 spiro atoms. The van der Waals surface area contributed by atoms with Crippen molar-refractivity contribution < 1.29 is 9.59 Å². The number of hydrogen-bond acceptors (Lipinski definition) is 2. The molecule has 0 aromatic heterocycles. The smallest absolute Gasteiger partial charge is 0.233 e. The van der Waals surface area contributed by atoms with Crippen molar-refractivity contribution in [2.24, 2.45) is 11.3 Å². The van der Waals surface area contributed by atoms with E-state index < -0.39 is 5.41 Å². The average molecular weight is 169 g/mol. The van der Waals surface area contributed by atoms with Gasteiger partial charge in [-0.05, 0) is 12.3 Å². The molecular formula is C9H15NO2. The second kappa shape index (κ2) is 2.88. The van der Waals surface area contributed by atoms with Crippen molar-refractivity contribution in [3.05, 3.63) is 0 Å². The SMILES string of the molecule is CCC1(C(C)C)CC(=O)NC1=O. The molecule has 2 amide bonds. The van der Waals surface area contributed by atoms with Gasteiger partial charge in [0, 0.05) is 6.42 Å². The summed E-state index contributed by atoms with van der Waals surface area (Å²) in [6, 6.07) is 0. The van der Waals surface area contributed by atoms with Gasteiger partial charge >= 0.3 is 0 Å². The molecule has 0 aliphatic carbocycles. The number of imide groups is 1. The molecule has 1 heterocycles. The maximum absolute atomic E-state index is 11.4. The molecule has 3 heteroatoms. The predicted octanol–water partition coefficient (Wildman–Crippen LogP) is 1.09. The monoisotopic (exact) mass is 169 g/mol. The fraction of sp³-hybridized carbons (Fsp3) is 0.778.